The van der Waals surface area contributed by atoms with Crippen molar-refractivity contribution in [1.82, 2.24) is 15.1 Å². The summed E-state index contributed by atoms with van der Waals surface area (Å²) in [4.78, 5) is 29.5. The molecule has 0 bridgehead atoms. The van der Waals surface area contributed by atoms with Crippen molar-refractivity contribution in [2.24, 2.45) is 5.92 Å². The highest BCUT2D eigenvalue weighted by molar-refractivity contribution is 7.99. The molecule has 2 amide bonds. The third-order valence-electron chi connectivity index (χ3n) is 5.44. The Morgan fingerprint density at radius 1 is 1.17 bits per heavy atom. The Kier molecular flexibility index (Phi) is 7.34. The fourth-order valence-corrected chi connectivity index (χ4v) is 4.85. The second kappa shape index (κ2) is 9.75. The molecule has 6 nitrogen and oxygen atoms in total. The van der Waals surface area contributed by atoms with E-state index in [0.717, 1.165) is 30.7 Å². The van der Waals surface area contributed by atoms with Crippen LogP contribution in [0.4, 0.5) is 8.78 Å². The SMILES string of the molecule is COc1ccc(F)c(F)c1C(=O)N[C@H]1CC[C@@H](C(=O)N2CCSCC2)CN(C)C1. The second-order valence-corrected chi connectivity index (χ2v) is 8.77. The number of carbonyl (C=O) groups is 2. The summed E-state index contributed by atoms with van der Waals surface area (Å²) >= 11 is 1.86. The molecule has 2 aliphatic rings. The summed E-state index contributed by atoms with van der Waals surface area (Å²) in [6.45, 7) is 2.71. The summed E-state index contributed by atoms with van der Waals surface area (Å²) in [6, 6.07) is 1.90. The highest BCUT2D eigenvalue weighted by Gasteiger charge is 2.32. The van der Waals surface area contributed by atoms with Gasteiger partial charge in [0.1, 0.15) is 11.3 Å². The fourth-order valence-electron chi connectivity index (χ4n) is 3.95. The van der Waals surface area contributed by atoms with Gasteiger partial charge in [0.2, 0.25) is 5.91 Å². The van der Waals surface area contributed by atoms with Gasteiger partial charge in [0.05, 0.1) is 13.0 Å². The van der Waals surface area contributed by atoms with Gasteiger partial charge in [-0.1, -0.05) is 0 Å². The molecule has 0 aromatic heterocycles. The summed E-state index contributed by atoms with van der Waals surface area (Å²) in [5, 5.41) is 2.79. The van der Waals surface area contributed by atoms with Gasteiger partial charge >= 0.3 is 0 Å². The van der Waals surface area contributed by atoms with E-state index in [0.29, 0.717) is 25.9 Å². The molecule has 0 saturated carbocycles. The van der Waals surface area contributed by atoms with Gasteiger partial charge in [0, 0.05) is 43.7 Å². The van der Waals surface area contributed by atoms with Crippen LogP contribution in [0.1, 0.15) is 23.2 Å². The first kappa shape index (κ1) is 21.8. The van der Waals surface area contributed by atoms with Gasteiger partial charge in [-0.3, -0.25) is 9.59 Å². The van der Waals surface area contributed by atoms with Crippen molar-refractivity contribution >= 4 is 23.6 Å². The van der Waals surface area contributed by atoms with E-state index in [2.05, 4.69) is 5.32 Å². The summed E-state index contributed by atoms with van der Waals surface area (Å²) in [5.41, 5.74) is -0.433. The number of thioether (sulfide) groups is 1. The van der Waals surface area contributed by atoms with Crippen LogP contribution in [0, 0.1) is 17.6 Å². The Bertz CT molecular complexity index is 759. The minimum atomic E-state index is -1.22. The summed E-state index contributed by atoms with van der Waals surface area (Å²) in [6.07, 6.45) is 1.23. The molecule has 0 aliphatic carbocycles. The smallest absolute Gasteiger partial charge is 0.258 e. The van der Waals surface area contributed by atoms with Gasteiger partial charge in [-0.2, -0.15) is 11.8 Å². The number of carbonyl (C=O) groups excluding carboxylic acids is 2. The highest BCUT2D eigenvalue weighted by atomic mass is 32.2. The molecule has 3 rings (SSSR count). The van der Waals surface area contributed by atoms with Crippen molar-refractivity contribution in [3.8, 4) is 5.75 Å². The first-order valence-corrected chi connectivity index (χ1v) is 10.9. The molecule has 2 fully saturated rings. The minimum absolute atomic E-state index is 0.0144. The Morgan fingerprint density at radius 3 is 2.59 bits per heavy atom. The van der Waals surface area contributed by atoms with E-state index in [1.165, 1.54) is 13.2 Å². The van der Waals surface area contributed by atoms with E-state index >= 15 is 0 Å². The first-order chi connectivity index (χ1) is 13.9. The van der Waals surface area contributed by atoms with Crippen molar-refractivity contribution in [1.29, 1.82) is 0 Å². The maximum atomic E-state index is 14.2. The van der Waals surface area contributed by atoms with Gasteiger partial charge in [-0.05, 0) is 32.0 Å². The Hall–Kier alpha value is -1.87. The Labute approximate surface area is 173 Å². The van der Waals surface area contributed by atoms with E-state index in [1.54, 1.807) is 0 Å². The van der Waals surface area contributed by atoms with Crippen LogP contribution in [0.25, 0.3) is 0 Å². The number of amides is 2. The summed E-state index contributed by atoms with van der Waals surface area (Å²) in [7, 11) is 3.21. The largest absolute Gasteiger partial charge is 0.496 e. The Morgan fingerprint density at radius 2 is 1.90 bits per heavy atom. The van der Waals surface area contributed by atoms with E-state index in [4.69, 9.17) is 4.74 Å². The van der Waals surface area contributed by atoms with E-state index in [9.17, 15) is 18.4 Å². The molecular weight excluding hydrogens is 400 g/mol. The van der Waals surface area contributed by atoms with E-state index < -0.39 is 23.1 Å². The lowest BCUT2D eigenvalue weighted by Crippen LogP contribution is -2.44. The third-order valence-corrected chi connectivity index (χ3v) is 6.38. The minimum Gasteiger partial charge on any atom is -0.496 e. The molecule has 2 heterocycles. The highest BCUT2D eigenvalue weighted by Crippen LogP contribution is 2.25. The average Bonchev–Trinajstić information content (AvgIpc) is 2.90. The monoisotopic (exact) mass is 427 g/mol. The van der Waals surface area contributed by atoms with Crippen LogP contribution in [0.3, 0.4) is 0 Å². The molecule has 9 heteroatoms. The molecule has 0 unspecified atom stereocenters. The number of rotatable bonds is 4. The Balaban J connectivity index is 1.66. The number of hydrogen-bond acceptors (Lipinski definition) is 5. The predicted molar refractivity (Wildman–Crippen MR) is 108 cm³/mol. The molecule has 160 valence electrons. The normalized spacial score (nSPS) is 23.4. The predicted octanol–water partition coefficient (Wildman–Crippen LogP) is 1.99. The zero-order chi connectivity index (χ0) is 21.0. The number of benzene rings is 1. The van der Waals surface area contributed by atoms with Crippen LogP contribution < -0.4 is 10.1 Å². The molecule has 1 aromatic carbocycles. The van der Waals surface area contributed by atoms with Crippen molar-refractivity contribution in [2.75, 3.05) is 51.8 Å². The van der Waals surface area contributed by atoms with Crippen LogP contribution in [-0.2, 0) is 4.79 Å². The lowest BCUT2D eigenvalue weighted by atomic mass is 10.00. The molecule has 0 radical (unpaired) electrons. The summed E-state index contributed by atoms with van der Waals surface area (Å²) in [5.74, 6) is -1.07. The second-order valence-electron chi connectivity index (χ2n) is 7.54. The lowest BCUT2D eigenvalue weighted by molar-refractivity contribution is -0.135. The van der Waals surface area contributed by atoms with Crippen LogP contribution in [0.5, 0.6) is 5.75 Å². The number of nitrogens with one attached hydrogen (secondary N) is 1. The van der Waals surface area contributed by atoms with Gasteiger partial charge in [-0.15, -0.1) is 0 Å². The topological polar surface area (TPSA) is 61.9 Å². The average molecular weight is 428 g/mol. The molecule has 29 heavy (non-hydrogen) atoms. The molecule has 0 spiro atoms. The number of halogens is 2. The van der Waals surface area contributed by atoms with Crippen LogP contribution in [-0.4, -0.2) is 79.5 Å². The molecule has 1 N–H and O–H groups in total. The maximum absolute atomic E-state index is 14.2. The maximum Gasteiger partial charge on any atom is 0.258 e. The number of ether oxygens (including phenoxy) is 1. The molecular formula is C20H27F2N3O3S. The lowest BCUT2D eigenvalue weighted by Gasteiger charge is -2.30. The number of methoxy groups -OCH3 is 1. The zero-order valence-electron chi connectivity index (χ0n) is 16.7. The van der Waals surface area contributed by atoms with Crippen LogP contribution >= 0.6 is 11.8 Å². The standard InChI is InChI=1S/C20H27F2N3O3S/c1-24-11-13(20(27)25-7-9-29-10-8-25)3-4-14(12-24)23-19(26)17-16(28-2)6-5-15(21)18(17)22/h5-6,13-14H,3-4,7-12H2,1-2H3,(H,23,26)/t13-,14+/m1/s1. The molecule has 2 saturated heterocycles. The van der Waals surface area contributed by atoms with Gasteiger partial charge in [0.25, 0.3) is 5.91 Å². The van der Waals surface area contributed by atoms with Gasteiger partial charge in [0.15, 0.2) is 11.6 Å². The first-order valence-electron chi connectivity index (χ1n) is 9.78. The molecule has 2 atom stereocenters. The fraction of sp³-hybridized carbons (Fsp3) is 0.600. The van der Waals surface area contributed by atoms with Crippen LogP contribution in [0.2, 0.25) is 0 Å². The van der Waals surface area contributed by atoms with Crippen LogP contribution in [0.15, 0.2) is 12.1 Å². The summed E-state index contributed by atoms with van der Waals surface area (Å²) < 4.78 is 32.8. The molecule has 2 aliphatic heterocycles. The number of likely N-dealkylation sites (N-methyl/N-ethyl adjacent to an activating group) is 1. The number of hydrogen-bond donors (Lipinski definition) is 1. The van der Waals surface area contributed by atoms with Crippen molar-refractivity contribution in [3.63, 3.8) is 0 Å². The van der Waals surface area contributed by atoms with Crippen molar-refractivity contribution < 1.29 is 23.1 Å². The zero-order valence-corrected chi connectivity index (χ0v) is 17.6. The van der Waals surface area contributed by atoms with Gasteiger partial charge in [-0.25, -0.2) is 8.78 Å². The number of likely N-dealkylation sites (tertiary alicyclic amines) is 1. The van der Waals surface area contributed by atoms with Crippen molar-refractivity contribution in [3.05, 3.63) is 29.3 Å². The molecule has 1 aromatic rings. The van der Waals surface area contributed by atoms with Gasteiger partial charge < -0.3 is 19.9 Å². The van der Waals surface area contributed by atoms with Crippen molar-refractivity contribution in [2.45, 2.75) is 18.9 Å². The van der Waals surface area contributed by atoms with E-state index in [-0.39, 0.29) is 23.6 Å². The van der Waals surface area contributed by atoms with E-state index in [1.807, 2.05) is 28.6 Å². The quantitative estimate of drug-likeness (QED) is 0.796. The number of nitrogens with zero attached hydrogens (tertiary/aromatic N) is 2. The third kappa shape index (κ3) is 5.19.